The van der Waals surface area contributed by atoms with Gasteiger partial charge in [-0.2, -0.15) is 11.3 Å². The highest BCUT2D eigenvalue weighted by atomic mass is 32.1. The number of amides is 1. The Kier molecular flexibility index (Phi) is 5.97. The number of hydrogen-bond acceptors (Lipinski definition) is 4. The van der Waals surface area contributed by atoms with Crippen LogP contribution < -0.4 is 10.2 Å². The lowest BCUT2D eigenvalue weighted by atomic mass is 9.96. The number of hydrogen-bond donors (Lipinski definition) is 1. The van der Waals surface area contributed by atoms with Gasteiger partial charge in [0.05, 0.1) is 6.04 Å². The summed E-state index contributed by atoms with van der Waals surface area (Å²) in [6, 6.07) is 19.4. The zero-order chi connectivity index (χ0) is 20.2. The van der Waals surface area contributed by atoms with Gasteiger partial charge in [-0.1, -0.05) is 36.4 Å². The van der Waals surface area contributed by atoms with Crippen molar-refractivity contribution < 1.29 is 4.79 Å². The van der Waals surface area contributed by atoms with Crippen LogP contribution in [0.1, 0.15) is 33.1 Å². The molecule has 0 fully saturated rings. The molecule has 1 aliphatic rings. The maximum atomic E-state index is 12.5. The molecule has 0 spiro atoms. The van der Waals surface area contributed by atoms with Crippen molar-refractivity contribution in [1.29, 1.82) is 0 Å². The normalized spacial score (nSPS) is 14.8. The van der Waals surface area contributed by atoms with Crippen LogP contribution in [0.4, 0.5) is 5.69 Å². The molecule has 1 unspecified atom stereocenters. The van der Waals surface area contributed by atoms with Crippen molar-refractivity contribution >= 4 is 22.9 Å². The molecular formula is C24H27N3OS. The minimum absolute atomic E-state index is 0.00132. The molecule has 1 aromatic heterocycles. The van der Waals surface area contributed by atoms with E-state index >= 15 is 0 Å². The summed E-state index contributed by atoms with van der Waals surface area (Å²) in [6.07, 6.45) is 1.04. The molecule has 0 aliphatic carbocycles. The third kappa shape index (κ3) is 4.52. The third-order valence-corrected chi connectivity index (χ3v) is 6.32. The zero-order valence-electron chi connectivity index (χ0n) is 17.0. The summed E-state index contributed by atoms with van der Waals surface area (Å²) < 4.78 is 0. The Bertz CT molecular complexity index is 951. The fourth-order valence-electron chi connectivity index (χ4n) is 3.92. The van der Waals surface area contributed by atoms with Crippen LogP contribution in [0.2, 0.25) is 0 Å². The van der Waals surface area contributed by atoms with Crippen LogP contribution in [0.25, 0.3) is 0 Å². The second kappa shape index (κ2) is 8.80. The number of carbonyl (C=O) groups excluding carboxylic acids is 1. The van der Waals surface area contributed by atoms with E-state index in [1.807, 2.05) is 16.8 Å². The SMILES string of the molecule is CN(C)c1ccc(C(CNC(=O)c2ccsc2)N2CCc3ccccc3C2)cc1. The van der Waals surface area contributed by atoms with Crippen LogP contribution in [0.5, 0.6) is 0 Å². The van der Waals surface area contributed by atoms with E-state index in [0.717, 1.165) is 25.1 Å². The lowest BCUT2D eigenvalue weighted by Crippen LogP contribution is -2.40. The molecule has 0 saturated heterocycles. The van der Waals surface area contributed by atoms with Gasteiger partial charge >= 0.3 is 0 Å². The number of nitrogens with zero attached hydrogens (tertiary/aromatic N) is 2. The van der Waals surface area contributed by atoms with Crippen LogP contribution in [0.3, 0.4) is 0 Å². The second-order valence-corrected chi connectivity index (χ2v) is 8.49. The first-order valence-corrected chi connectivity index (χ1v) is 10.9. The summed E-state index contributed by atoms with van der Waals surface area (Å²) in [6.45, 7) is 2.49. The Morgan fingerprint density at radius 1 is 1.10 bits per heavy atom. The molecule has 1 aliphatic heterocycles. The van der Waals surface area contributed by atoms with E-state index in [1.165, 1.54) is 22.4 Å². The van der Waals surface area contributed by atoms with Crippen molar-refractivity contribution in [2.75, 3.05) is 32.1 Å². The first-order chi connectivity index (χ1) is 14.1. The van der Waals surface area contributed by atoms with Crippen LogP contribution in [-0.4, -0.2) is 38.0 Å². The molecular weight excluding hydrogens is 378 g/mol. The van der Waals surface area contributed by atoms with Gasteiger partial charge in [-0.25, -0.2) is 0 Å². The Morgan fingerprint density at radius 3 is 2.55 bits per heavy atom. The van der Waals surface area contributed by atoms with E-state index in [-0.39, 0.29) is 11.9 Å². The molecule has 4 rings (SSSR count). The van der Waals surface area contributed by atoms with E-state index in [2.05, 4.69) is 77.7 Å². The Balaban J connectivity index is 1.56. The quantitative estimate of drug-likeness (QED) is 0.663. The van der Waals surface area contributed by atoms with Crippen molar-refractivity contribution in [2.45, 2.75) is 19.0 Å². The predicted octanol–water partition coefficient (Wildman–Crippen LogP) is 4.34. The average molecular weight is 406 g/mol. The van der Waals surface area contributed by atoms with E-state index in [0.29, 0.717) is 6.54 Å². The van der Waals surface area contributed by atoms with Gasteiger partial charge in [0.2, 0.25) is 0 Å². The number of benzene rings is 2. The van der Waals surface area contributed by atoms with Gasteiger partial charge in [-0.15, -0.1) is 0 Å². The fraction of sp³-hybridized carbons (Fsp3) is 0.292. The molecule has 4 nitrogen and oxygen atoms in total. The third-order valence-electron chi connectivity index (χ3n) is 5.63. The highest BCUT2D eigenvalue weighted by Crippen LogP contribution is 2.29. The summed E-state index contributed by atoms with van der Waals surface area (Å²) in [5.74, 6) is -0.00132. The molecule has 29 heavy (non-hydrogen) atoms. The van der Waals surface area contributed by atoms with Gasteiger partial charge in [0.25, 0.3) is 5.91 Å². The highest BCUT2D eigenvalue weighted by Gasteiger charge is 2.25. The summed E-state index contributed by atoms with van der Waals surface area (Å²) in [5.41, 5.74) is 5.98. The van der Waals surface area contributed by atoms with Gasteiger partial charge in [0, 0.05) is 50.4 Å². The lowest BCUT2D eigenvalue weighted by Gasteiger charge is -2.36. The Labute approximate surface area is 176 Å². The molecule has 0 bridgehead atoms. The van der Waals surface area contributed by atoms with Gasteiger partial charge in [-0.3, -0.25) is 9.69 Å². The fourth-order valence-corrected chi connectivity index (χ4v) is 4.56. The number of thiophene rings is 1. The Morgan fingerprint density at radius 2 is 1.86 bits per heavy atom. The van der Waals surface area contributed by atoms with Crippen molar-refractivity contribution in [3.63, 3.8) is 0 Å². The van der Waals surface area contributed by atoms with Gasteiger partial charge in [0.15, 0.2) is 0 Å². The van der Waals surface area contributed by atoms with Crippen molar-refractivity contribution in [2.24, 2.45) is 0 Å². The smallest absolute Gasteiger partial charge is 0.252 e. The lowest BCUT2D eigenvalue weighted by molar-refractivity contribution is 0.0928. The summed E-state index contributed by atoms with van der Waals surface area (Å²) in [5, 5.41) is 6.99. The van der Waals surface area contributed by atoms with E-state index in [9.17, 15) is 4.79 Å². The van der Waals surface area contributed by atoms with Crippen LogP contribution in [-0.2, 0) is 13.0 Å². The van der Waals surface area contributed by atoms with Crippen LogP contribution >= 0.6 is 11.3 Å². The molecule has 5 heteroatoms. The predicted molar refractivity (Wildman–Crippen MR) is 121 cm³/mol. The molecule has 2 heterocycles. The van der Waals surface area contributed by atoms with Crippen LogP contribution in [0.15, 0.2) is 65.4 Å². The van der Waals surface area contributed by atoms with Gasteiger partial charge < -0.3 is 10.2 Å². The molecule has 0 radical (unpaired) electrons. The van der Waals surface area contributed by atoms with E-state index in [4.69, 9.17) is 0 Å². The molecule has 3 aromatic rings. The number of nitrogens with one attached hydrogen (secondary N) is 1. The summed E-state index contributed by atoms with van der Waals surface area (Å²) >= 11 is 1.55. The van der Waals surface area contributed by atoms with Crippen LogP contribution in [0, 0.1) is 0 Å². The molecule has 2 aromatic carbocycles. The molecule has 1 atom stereocenters. The minimum Gasteiger partial charge on any atom is -0.378 e. The van der Waals surface area contributed by atoms with Crippen molar-refractivity contribution in [3.8, 4) is 0 Å². The van der Waals surface area contributed by atoms with Gasteiger partial charge in [0.1, 0.15) is 0 Å². The van der Waals surface area contributed by atoms with Gasteiger partial charge in [-0.05, 0) is 46.7 Å². The number of anilines is 1. The number of carbonyl (C=O) groups is 1. The molecule has 1 amide bonds. The van der Waals surface area contributed by atoms with Crippen molar-refractivity contribution in [1.82, 2.24) is 10.2 Å². The topological polar surface area (TPSA) is 35.6 Å². The maximum absolute atomic E-state index is 12.5. The first-order valence-electron chi connectivity index (χ1n) is 10.0. The van der Waals surface area contributed by atoms with E-state index < -0.39 is 0 Å². The zero-order valence-corrected chi connectivity index (χ0v) is 17.8. The number of fused-ring (bicyclic) bond motifs is 1. The second-order valence-electron chi connectivity index (χ2n) is 7.71. The maximum Gasteiger partial charge on any atom is 0.252 e. The Hall–Kier alpha value is -2.63. The monoisotopic (exact) mass is 405 g/mol. The minimum atomic E-state index is -0.00132. The first kappa shape index (κ1) is 19.7. The molecule has 1 N–H and O–H groups in total. The molecule has 150 valence electrons. The molecule has 0 saturated carbocycles. The van der Waals surface area contributed by atoms with E-state index in [1.54, 1.807) is 11.3 Å². The average Bonchev–Trinajstić information content (AvgIpc) is 3.29. The summed E-state index contributed by atoms with van der Waals surface area (Å²) in [4.78, 5) is 17.1. The number of rotatable bonds is 6. The highest BCUT2D eigenvalue weighted by molar-refractivity contribution is 7.08. The largest absolute Gasteiger partial charge is 0.378 e. The summed E-state index contributed by atoms with van der Waals surface area (Å²) in [7, 11) is 4.10. The standard InChI is InChI=1S/C24H27N3OS/c1-26(2)22-9-7-19(8-10-22)23(15-25-24(28)21-12-14-29-17-21)27-13-11-18-5-3-4-6-20(18)16-27/h3-10,12,14,17,23H,11,13,15-16H2,1-2H3,(H,25,28). The van der Waals surface area contributed by atoms with Crippen molar-refractivity contribution in [3.05, 3.63) is 87.6 Å².